The maximum atomic E-state index is 5.79. The van der Waals surface area contributed by atoms with Crippen LogP contribution in [0.2, 0.25) is 0 Å². The first-order chi connectivity index (χ1) is 10.7. The van der Waals surface area contributed by atoms with Gasteiger partial charge in [-0.1, -0.05) is 18.2 Å². The number of ether oxygens (including phenoxy) is 3. The third kappa shape index (κ3) is 5.93. The van der Waals surface area contributed by atoms with E-state index in [2.05, 4.69) is 16.7 Å². The van der Waals surface area contributed by atoms with Crippen LogP contribution in [0.5, 0.6) is 5.75 Å². The predicted molar refractivity (Wildman–Crippen MR) is 86.3 cm³/mol. The van der Waals surface area contributed by atoms with Gasteiger partial charge in [-0.3, -0.25) is 0 Å². The Kier molecular flexibility index (Phi) is 8.83. The van der Waals surface area contributed by atoms with Crippen molar-refractivity contribution in [2.45, 2.75) is 6.29 Å². The van der Waals surface area contributed by atoms with E-state index in [0.717, 1.165) is 17.0 Å². The zero-order valence-corrected chi connectivity index (χ0v) is 15.8. The minimum Gasteiger partial charge on any atom is -1.00 e. The molecule has 4 nitrogen and oxygen atoms in total. The Morgan fingerprint density at radius 2 is 1.70 bits per heavy atom. The highest BCUT2D eigenvalue weighted by atomic mass is 127. The Labute approximate surface area is 154 Å². The fraction of sp³-hybridized carbons (Fsp3) is 0.278. The summed E-state index contributed by atoms with van der Waals surface area (Å²) >= 11 is 0. The molecule has 1 heterocycles. The van der Waals surface area contributed by atoms with Gasteiger partial charge in [-0.05, 0) is 18.2 Å². The summed E-state index contributed by atoms with van der Waals surface area (Å²) in [6.45, 7) is 0.344. The van der Waals surface area contributed by atoms with Crippen LogP contribution < -0.4 is 33.3 Å². The number of rotatable bonds is 7. The van der Waals surface area contributed by atoms with Gasteiger partial charge in [-0.25, -0.2) is 4.57 Å². The lowest BCUT2D eigenvalue weighted by Gasteiger charge is -2.15. The quantitative estimate of drug-likeness (QED) is 0.345. The fourth-order valence-electron chi connectivity index (χ4n) is 2.02. The van der Waals surface area contributed by atoms with Crippen molar-refractivity contribution in [2.24, 2.45) is 7.05 Å². The second-order valence-corrected chi connectivity index (χ2v) is 4.82. The van der Waals surface area contributed by atoms with Crippen molar-refractivity contribution in [1.29, 1.82) is 0 Å². The molecule has 0 aliphatic heterocycles. The van der Waals surface area contributed by atoms with Crippen LogP contribution in [0.4, 0.5) is 0 Å². The molecule has 0 aliphatic carbocycles. The number of aryl methyl sites for hydroxylation is 1. The summed E-state index contributed by atoms with van der Waals surface area (Å²) in [4.78, 5) is 0. The topological polar surface area (TPSA) is 31.6 Å². The summed E-state index contributed by atoms with van der Waals surface area (Å²) in [7, 11) is 5.21. The van der Waals surface area contributed by atoms with Crippen LogP contribution in [0.15, 0.2) is 48.7 Å². The SMILES string of the molecule is COC(COc1ccccc1C=Cc1cccc[n+]1C)OC.[I-]. The molecule has 124 valence electrons. The van der Waals surface area contributed by atoms with E-state index >= 15 is 0 Å². The standard InChI is InChI=1S/C18H22NO3.HI/c1-19-13-7-6-9-16(19)12-11-15-8-4-5-10-17(15)22-14-18(20-2)21-3;/h4-13,18H,14H2,1-3H3;1H/q+1;/p-1. The molecule has 0 saturated heterocycles. The van der Waals surface area contributed by atoms with Gasteiger partial charge in [0, 0.05) is 38.0 Å². The van der Waals surface area contributed by atoms with E-state index in [4.69, 9.17) is 14.2 Å². The molecule has 0 spiro atoms. The zero-order valence-electron chi connectivity index (χ0n) is 13.6. The Morgan fingerprint density at radius 3 is 2.39 bits per heavy atom. The first-order valence-corrected chi connectivity index (χ1v) is 7.14. The van der Waals surface area contributed by atoms with Crippen molar-refractivity contribution in [3.63, 3.8) is 0 Å². The maximum absolute atomic E-state index is 5.79. The number of hydrogen-bond donors (Lipinski definition) is 0. The van der Waals surface area contributed by atoms with Crippen molar-refractivity contribution in [2.75, 3.05) is 20.8 Å². The monoisotopic (exact) mass is 427 g/mol. The third-order valence-corrected chi connectivity index (χ3v) is 3.35. The Morgan fingerprint density at radius 1 is 1.00 bits per heavy atom. The molecule has 1 aromatic carbocycles. The lowest BCUT2D eigenvalue weighted by molar-refractivity contribution is -0.673. The molecule has 23 heavy (non-hydrogen) atoms. The van der Waals surface area contributed by atoms with Gasteiger partial charge in [-0.15, -0.1) is 0 Å². The minimum absolute atomic E-state index is 0. The van der Waals surface area contributed by atoms with E-state index < -0.39 is 0 Å². The van der Waals surface area contributed by atoms with Crippen LogP contribution in [0.3, 0.4) is 0 Å². The molecule has 5 heteroatoms. The second kappa shape index (κ2) is 10.4. The van der Waals surface area contributed by atoms with Gasteiger partial charge in [0.1, 0.15) is 19.4 Å². The molecular weight excluding hydrogens is 405 g/mol. The zero-order chi connectivity index (χ0) is 15.8. The minimum atomic E-state index is -0.371. The molecule has 0 radical (unpaired) electrons. The number of para-hydroxylation sites is 1. The van der Waals surface area contributed by atoms with Crippen molar-refractivity contribution >= 4 is 12.2 Å². The molecule has 0 atom stereocenters. The first kappa shape index (κ1) is 19.6. The first-order valence-electron chi connectivity index (χ1n) is 7.14. The smallest absolute Gasteiger partial charge is 0.204 e. The number of benzene rings is 1. The highest BCUT2D eigenvalue weighted by Gasteiger charge is 2.08. The molecule has 1 aromatic heterocycles. The number of methoxy groups -OCH3 is 2. The normalized spacial score (nSPS) is 10.8. The fourth-order valence-corrected chi connectivity index (χ4v) is 2.02. The maximum Gasteiger partial charge on any atom is 0.204 e. The van der Waals surface area contributed by atoms with Gasteiger partial charge in [0.25, 0.3) is 0 Å². The average molecular weight is 427 g/mol. The summed E-state index contributed by atoms with van der Waals surface area (Å²) in [5.41, 5.74) is 2.13. The van der Waals surface area contributed by atoms with Gasteiger partial charge < -0.3 is 38.2 Å². The van der Waals surface area contributed by atoms with Crippen molar-refractivity contribution in [3.05, 3.63) is 59.9 Å². The average Bonchev–Trinajstić information content (AvgIpc) is 2.56. The van der Waals surface area contributed by atoms with Gasteiger partial charge in [0.05, 0.1) is 0 Å². The van der Waals surface area contributed by atoms with Crippen LogP contribution >= 0.6 is 0 Å². The Balaban J connectivity index is 0.00000264. The summed E-state index contributed by atoms with van der Waals surface area (Å²) in [5.74, 6) is 0.802. The summed E-state index contributed by atoms with van der Waals surface area (Å²) in [6, 6.07) is 14.0. The van der Waals surface area contributed by atoms with E-state index in [1.54, 1.807) is 14.2 Å². The molecule has 0 aliphatic rings. The van der Waals surface area contributed by atoms with E-state index in [1.807, 2.05) is 55.7 Å². The van der Waals surface area contributed by atoms with Crippen LogP contribution in [-0.2, 0) is 16.5 Å². The van der Waals surface area contributed by atoms with Crippen molar-refractivity contribution in [3.8, 4) is 5.75 Å². The molecule has 0 N–H and O–H groups in total. The van der Waals surface area contributed by atoms with Gasteiger partial charge >= 0.3 is 0 Å². The molecule has 0 saturated carbocycles. The lowest BCUT2D eigenvalue weighted by atomic mass is 10.1. The second-order valence-electron chi connectivity index (χ2n) is 4.82. The largest absolute Gasteiger partial charge is 1.00 e. The lowest BCUT2D eigenvalue weighted by Crippen LogP contribution is -3.00. The molecule has 0 bridgehead atoms. The van der Waals surface area contributed by atoms with E-state index in [1.165, 1.54) is 0 Å². The number of pyridine rings is 1. The molecule has 2 aromatic rings. The molecule has 0 amide bonds. The molecular formula is C18H22INO3. The highest BCUT2D eigenvalue weighted by molar-refractivity contribution is 5.70. The third-order valence-electron chi connectivity index (χ3n) is 3.35. The van der Waals surface area contributed by atoms with Crippen LogP contribution in [0.1, 0.15) is 11.3 Å². The number of halogens is 1. The summed E-state index contributed by atoms with van der Waals surface area (Å²) in [5, 5.41) is 0. The van der Waals surface area contributed by atoms with Gasteiger partial charge in [-0.2, -0.15) is 0 Å². The van der Waals surface area contributed by atoms with Crippen LogP contribution in [0, 0.1) is 0 Å². The Bertz CT molecular complexity index is 627. The number of hydrogen-bond acceptors (Lipinski definition) is 3. The summed E-state index contributed by atoms with van der Waals surface area (Å²) < 4.78 is 18.1. The van der Waals surface area contributed by atoms with Crippen molar-refractivity contribution in [1.82, 2.24) is 0 Å². The highest BCUT2D eigenvalue weighted by Crippen LogP contribution is 2.20. The predicted octanol–water partition coefficient (Wildman–Crippen LogP) is -0.317. The van der Waals surface area contributed by atoms with E-state index in [9.17, 15) is 0 Å². The van der Waals surface area contributed by atoms with E-state index in [-0.39, 0.29) is 30.3 Å². The molecule has 0 fully saturated rings. The van der Waals surface area contributed by atoms with Crippen LogP contribution in [0.25, 0.3) is 12.2 Å². The number of aromatic nitrogens is 1. The Hall–Kier alpha value is -1.44. The van der Waals surface area contributed by atoms with Crippen LogP contribution in [-0.4, -0.2) is 27.1 Å². The van der Waals surface area contributed by atoms with E-state index in [0.29, 0.717) is 6.61 Å². The summed E-state index contributed by atoms with van der Waals surface area (Å²) in [6.07, 6.45) is 5.75. The van der Waals surface area contributed by atoms with Gasteiger partial charge in [0.15, 0.2) is 12.5 Å². The molecule has 2 rings (SSSR count). The van der Waals surface area contributed by atoms with Crippen molar-refractivity contribution < 1.29 is 42.8 Å². The van der Waals surface area contributed by atoms with Gasteiger partial charge in [0.2, 0.25) is 5.69 Å². The molecule has 0 unspecified atom stereocenters. The number of nitrogens with zero attached hydrogens (tertiary/aromatic N) is 1.